The maximum atomic E-state index is 12.5. The summed E-state index contributed by atoms with van der Waals surface area (Å²) in [5, 5.41) is 3.59. The van der Waals surface area contributed by atoms with Gasteiger partial charge in [0.05, 0.1) is 26.9 Å². The third kappa shape index (κ3) is 3.34. The van der Waals surface area contributed by atoms with Crippen LogP contribution >= 0.6 is 34.4 Å². The summed E-state index contributed by atoms with van der Waals surface area (Å²) in [6, 6.07) is 10.1. The highest BCUT2D eigenvalue weighted by atomic mass is 32.2. The van der Waals surface area contributed by atoms with Crippen LogP contribution < -0.4 is 5.32 Å². The second kappa shape index (κ2) is 6.98. The van der Waals surface area contributed by atoms with Crippen LogP contribution in [0.3, 0.4) is 0 Å². The fraction of sp³-hybridized carbons (Fsp3) is 0.211. The van der Waals surface area contributed by atoms with E-state index in [4.69, 9.17) is 0 Å². The number of aromatic nitrogens is 2. The van der Waals surface area contributed by atoms with Gasteiger partial charge in [0.1, 0.15) is 0 Å². The Morgan fingerprint density at radius 2 is 1.81 bits per heavy atom. The Morgan fingerprint density at radius 3 is 2.54 bits per heavy atom. The Bertz CT molecular complexity index is 1130. The van der Waals surface area contributed by atoms with E-state index in [0.29, 0.717) is 11.6 Å². The Balaban J connectivity index is 1.59. The second-order valence-corrected chi connectivity index (χ2v) is 9.17. The lowest BCUT2D eigenvalue weighted by Gasteiger charge is -2.06. The predicted molar refractivity (Wildman–Crippen MR) is 113 cm³/mol. The van der Waals surface area contributed by atoms with Crippen molar-refractivity contribution in [2.24, 2.45) is 0 Å². The molecule has 2 aromatic carbocycles. The van der Waals surface area contributed by atoms with Crippen molar-refractivity contribution in [3.8, 4) is 0 Å². The van der Waals surface area contributed by atoms with E-state index in [0.717, 1.165) is 35.9 Å². The number of carbonyl (C=O) groups excluding carboxylic acids is 1. The smallest absolute Gasteiger partial charge is 0.230 e. The summed E-state index contributed by atoms with van der Waals surface area (Å²) in [6.07, 6.45) is 2.38. The monoisotopic (exact) mass is 399 g/mol. The summed E-state index contributed by atoms with van der Waals surface area (Å²) in [7, 11) is 0. The molecule has 4 aromatic rings. The van der Waals surface area contributed by atoms with E-state index in [2.05, 4.69) is 28.3 Å². The van der Waals surface area contributed by atoms with Gasteiger partial charge in [0.25, 0.3) is 0 Å². The third-order valence-electron chi connectivity index (χ3n) is 4.16. The minimum absolute atomic E-state index is 0.0404. The Hall–Kier alpha value is -1.96. The van der Waals surface area contributed by atoms with Crippen LogP contribution in [0.5, 0.6) is 0 Å². The van der Waals surface area contributed by atoms with E-state index < -0.39 is 0 Å². The van der Waals surface area contributed by atoms with Crippen LogP contribution in [-0.2, 0) is 11.2 Å². The quantitative estimate of drug-likeness (QED) is 0.465. The fourth-order valence-electron chi connectivity index (χ4n) is 2.87. The number of carbonyl (C=O) groups is 1. The molecular formula is C19H17N3OS3. The zero-order chi connectivity index (χ0) is 18.3. The van der Waals surface area contributed by atoms with E-state index in [1.807, 2.05) is 37.4 Å². The van der Waals surface area contributed by atoms with E-state index in [1.165, 1.54) is 16.9 Å². The average molecular weight is 400 g/mol. The van der Waals surface area contributed by atoms with Gasteiger partial charge >= 0.3 is 0 Å². The molecule has 0 fully saturated rings. The lowest BCUT2D eigenvalue weighted by Crippen LogP contribution is -2.14. The molecule has 0 spiro atoms. The number of aryl methyl sites for hydroxylation is 2. The average Bonchev–Trinajstić information content (AvgIpc) is 3.19. The van der Waals surface area contributed by atoms with Crippen molar-refractivity contribution in [3.63, 3.8) is 0 Å². The first-order valence-electron chi connectivity index (χ1n) is 8.13. The van der Waals surface area contributed by atoms with Crippen molar-refractivity contribution in [2.75, 3.05) is 11.6 Å². The van der Waals surface area contributed by atoms with Crippen LogP contribution in [0.25, 0.3) is 20.4 Å². The molecule has 26 heavy (non-hydrogen) atoms. The van der Waals surface area contributed by atoms with Crippen LogP contribution in [0.4, 0.5) is 5.13 Å². The summed E-state index contributed by atoms with van der Waals surface area (Å²) >= 11 is 4.83. The van der Waals surface area contributed by atoms with E-state index in [-0.39, 0.29) is 5.91 Å². The summed E-state index contributed by atoms with van der Waals surface area (Å²) in [5.74, 6) is -0.0404. The molecule has 7 heteroatoms. The van der Waals surface area contributed by atoms with Crippen molar-refractivity contribution in [3.05, 3.63) is 47.0 Å². The fourth-order valence-corrected chi connectivity index (χ4v) is 5.55. The summed E-state index contributed by atoms with van der Waals surface area (Å²) in [6.45, 7) is 4.10. The molecule has 2 heterocycles. The number of hydrogen-bond acceptors (Lipinski definition) is 6. The molecule has 0 saturated carbocycles. The number of nitrogens with zero attached hydrogens (tertiary/aromatic N) is 2. The molecule has 1 amide bonds. The molecular weight excluding hydrogens is 382 g/mol. The molecule has 4 nitrogen and oxygen atoms in total. The first kappa shape index (κ1) is 17.5. The van der Waals surface area contributed by atoms with Gasteiger partial charge in [0, 0.05) is 0 Å². The molecule has 132 valence electrons. The van der Waals surface area contributed by atoms with Crippen molar-refractivity contribution < 1.29 is 4.79 Å². The molecule has 0 unspecified atom stereocenters. The molecule has 4 rings (SSSR count). The van der Waals surface area contributed by atoms with Crippen LogP contribution in [0.1, 0.15) is 16.7 Å². The molecule has 2 aromatic heterocycles. The first-order valence-corrected chi connectivity index (χ1v) is 11.0. The summed E-state index contributed by atoms with van der Waals surface area (Å²) < 4.78 is 3.27. The van der Waals surface area contributed by atoms with Crippen LogP contribution in [0.15, 0.2) is 34.7 Å². The first-order chi connectivity index (χ1) is 12.5. The number of hydrogen-bond donors (Lipinski definition) is 1. The maximum Gasteiger partial charge on any atom is 0.230 e. The molecule has 0 aliphatic heterocycles. The van der Waals surface area contributed by atoms with Gasteiger partial charge in [0.2, 0.25) is 5.91 Å². The number of thioether (sulfide) groups is 1. The molecule has 0 bridgehead atoms. The van der Waals surface area contributed by atoms with Crippen LogP contribution in [-0.4, -0.2) is 22.1 Å². The molecule has 0 aliphatic carbocycles. The Kier molecular flexibility index (Phi) is 4.69. The van der Waals surface area contributed by atoms with Gasteiger partial charge in [-0.25, -0.2) is 9.97 Å². The second-order valence-electron chi connectivity index (χ2n) is 6.12. The largest absolute Gasteiger partial charge is 0.302 e. The minimum atomic E-state index is -0.0404. The lowest BCUT2D eigenvalue weighted by atomic mass is 10.0. The molecule has 0 saturated heterocycles. The van der Waals surface area contributed by atoms with Crippen molar-refractivity contribution in [1.82, 2.24) is 9.97 Å². The highest BCUT2D eigenvalue weighted by Crippen LogP contribution is 2.38. The molecule has 0 aliphatic rings. The number of benzene rings is 2. The van der Waals surface area contributed by atoms with Gasteiger partial charge < -0.3 is 5.32 Å². The topological polar surface area (TPSA) is 54.9 Å². The number of nitrogens with one attached hydrogen (secondary N) is 1. The predicted octanol–water partition coefficient (Wildman–Crippen LogP) is 5.43. The third-order valence-corrected chi connectivity index (χ3v) is 7.37. The number of fused-ring (bicyclic) bond motifs is 3. The minimum Gasteiger partial charge on any atom is -0.302 e. The zero-order valence-electron chi connectivity index (χ0n) is 14.6. The van der Waals surface area contributed by atoms with Crippen LogP contribution in [0.2, 0.25) is 0 Å². The van der Waals surface area contributed by atoms with Crippen molar-refractivity contribution in [1.29, 1.82) is 0 Å². The van der Waals surface area contributed by atoms with Gasteiger partial charge in [-0.2, -0.15) is 0 Å². The van der Waals surface area contributed by atoms with Gasteiger partial charge in [-0.05, 0) is 43.4 Å². The number of amides is 1. The number of rotatable bonds is 4. The van der Waals surface area contributed by atoms with Crippen molar-refractivity contribution >= 4 is 65.9 Å². The highest BCUT2D eigenvalue weighted by Gasteiger charge is 2.14. The normalized spacial score (nSPS) is 11.3. The Morgan fingerprint density at radius 1 is 1.08 bits per heavy atom. The SMILES string of the molecule is CSc1nc2ccc3nc(NC(=O)Cc4ccc(C)cc4C)sc3c2s1. The summed E-state index contributed by atoms with van der Waals surface area (Å²) in [4.78, 5) is 21.6. The highest BCUT2D eigenvalue weighted by molar-refractivity contribution is 8.00. The lowest BCUT2D eigenvalue weighted by molar-refractivity contribution is -0.115. The molecule has 1 N–H and O–H groups in total. The van der Waals surface area contributed by atoms with Crippen LogP contribution in [0, 0.1) is 13.8 Å². The summed E-state index contributed by atoms with van der Waals surface area (Å²) in [5.41, 5.74) is 5.28. The molecule has 0 radical (unpaired) electrons. The van der Waals surface area contributed by atoms with E-state index in [9.17, 15) is 4.79 Å². The standard InChI is InChI=1S/C19H17N3OS3/c1-10-4-5-12(11(2)8-10)9-15(23)22-18-20-13-6-7-14-17(16(13)25-18)26-19(21-14)24-3/h4-8H,9H2,1-3H3,(H,20,22,23). The number of anilines is 1. The van der Waals surface area contributed by atoms with Crippen molar-refractivity contribution in [2.45, 2.75) is 24.6 Å². The van der Waals surface area contributed by atoms with E-state index >= 15 is 0 Å². The Labute approximate surface area is 163 Å². The van der Waals surface area contributed by atoms with Gasteiger partial charge in [-0.15, -0.1) is 11.3 Å². The maximum absolute atomic E-state index is 12.5. The zero-order valence-corrected chi connectivity index (χ0v) is 17.1. The van der Waals surface area contributed by atoms with Gasteiger partial charge in [-0.1, -0.05) is 46.9 Å². The van der Waals surface area contributed by atoms with E-state index in [1.54, 1.807) is 23.1 Å². The number of thiazole rings is 2. The molecule has 0 atom stereocenters. The van der Waals surface area contributed by atoms with Gasteiger partial charge in [-0.3, -0.25) is 4.79 Å². The van der Waals surface area contributed by atoms with Gasteiger partial charge in [0.15, 0.2) is 9.47 Å².